The first-order valence-corrected chi connectivity index (χ1v) is 12.1. The van der Waals surface area contributed by atoms with Crippen molar-refractivity contribution < 1.29 is 23.4 Å². The van der Waals surface area contributed by atoms with Gasteiger partial charge in [-0.05, 0) is 31.5 Å². The normalized spacial score (nSPS) is 15.9. The molecule has 0 spiro atoms. The maximum absolute atomic E-state index is 13.3. The first kappa shape index (κ1) is 25.3. The number of benzene rings is 2. The summed E-state index contributed by atoms with van der Waals surface area (Å²) in [6.45, 7) is -0.00830. The predicted octanol–water partition coefficient (Wildman–Crippen LogP) is 2.93. The summed E-state index contributed by atoms with van der Waals surface area (Å²) >= 11 is 0. The predicted molar refractivity (Wildman–Crippen MR) is 133 cm³/mol. The zero-order chi connectivity index (χ0) is 26.8. The van der Waals surface area contributed by atoms with Crippen molar-refractivity contribution in [3.8, 4) is 11.8 Å². The van der Waals surface area contributed by atoms with E-state index in [4.69, 9.17) is 4.74 Å². The number of imidazole rings is 1. The number of carboxylic acid groups (broad SMARTS) is 1. The number of nitrogens with one attached hydrogen (secondary N) is 1. The molecule has 0 bridgehead atoms. The number of carboxylic acids is 1. The van der Waals surface area contributed by atoms with Gasteiger partial charge in [-0.25, -0.2) is 18.4 Å². The van der Waals surface area contributed by atoms with E-state index in [9.17, 15) is 28.7 Å². The van der Waals surface area contributed by atoms with E-state index in [1.807, 2.05) is 23.1 Å². The van der Waals surface area contributed by atoms with E-state index in [1.54, 1.807) is 12.1 Å². The molecule has 12 heteroatoms. The van der Waals surface area contributed by atoms with Crippen LogP contribution in [0, 0.1) is 11.3 Å². The number of ether oxygens (including phenoxy) is 1. The molecule has 2 N–H and O–H groups in total. The summed E-state index contributed by atoms with van der Waals surface area (Å²) in [5, 5.41) is 24.5. The van der Waals surface area contributed by atoms with Gasteiger partial charge in [-0.15, -0.1) is 0 Å². The van der Waals surface area contributed by atoms with Gasteiger partial charge in [0, 0.05) is 17.5 Å². The lowest BCUT2D eigenvalue weighted by Gasteiger charge is -2.23. The van der Waals surface area contributed by atoms with Gasteiger partial charge < -0.3 is 14.8 Å². The van der Waals surface area contributed by atoms with Gasteiger partial charge >= 0.3 is 5.97 Å². The quantitative estimate of drug-likeness (QED) is 0.342. The average molecular weight is 523 g/mol. The number of carbonyl (C=O) groups is 1. The van der Waals surface area contributed by atoms with Crippen LogP contribution in [-0.2, 0) is 17.8 Å². The van der Waals surface area contributed by atoms with Gasteiger partial charge in [0.15, 0.2) is 0 Å². The molecule has 1 aliphatic heterocycles. The van der Waals surface area contributed by atoms with Crippen LogP contribution in [0.15, 0.2) is 41.2 Å². The Balaban J connectivity index is 1.49. The molecule has 1 saturated heterocycles. The second-order valence-electron chi connectivity index (χ2n) is 9.18. The molecule has 0 radical (unpaired) electrons. The monoisotopic (exact) mass is 522 g/mol. The molecule has 3 heterocycles. The van der Waals surface area contributed by atoms with E-state index in [0.29, 0.717) is 39.9 Å². The first-order valence-electron chi connectivity index (χ1n) is 12.1. The van der Waals surface area contributed by atoms with Gasteiger partial charge in [0.2, 0.25) is 0 Å². The maximum atomic E-state index is 13.3. The van der Waals surface area contributed by atoms with Crippen LogP contribution >= 0.6 is 0 Å². The Hall–Kier alpha value is -4.37. The maximum Gasteiger partial charge on any atom is 0.317 e. The number of aromatic nitrogens is 4. The highest BCUT2D eigenvalue weighted by Gasteiger charge is 2.27. The van der Waals surface area contributed by atoms with E-state index in [2.05, 4.69) is 15.1 Å². The van der Waals surface area contributed by atoms with Crippen LogP contribution in [0.1, 0.15) is 29.9 Å². The molecule has 38 heavy (non-hydrogen) atoms. The molecule has 1 atom stereocenters. The number of likely N-dealkylation sites (tertiary alicyclic amines) is 1. The molecule has 1 unspecified atom stereocenters. The lowest BCUT2D eigenvalue weighted by molar-refractivity contribution is -0.138. The summed E-state index contributed by atoms with van der Waals surface area (Å²) in [5.74, 6) is -0.382. The number of aromatic amines is 1. The third-order valence-corrected chi connectivity index (χ3v) is 6.62. The van der Waals surface area contributed by atoms with E-state index < -0.39 is 19.0 Å². The van der Waals surface area contributed by atoms with Gasteiger partial charge in [-0.2, -0.15) is 10.4 Å². The zero-order valence-corrected chi connectivity index (χ0v) is 20.2. The van der Waals surface area contributed by atoms with Crippen LogP contribution in [0.25, 0.3) is 21.8 Å². The molecule has 2 aromatic heterocycles. The van der Waals surface area contributed by atoms with Crippen molar-refractivity contribution in [3.63, 3.8) is 0 Å². The fourth-order valence-corrected chi connectivity index (χ4v) is 4.94. The number of H-pyrrole nitrogens is 1. The molecule has 0 aliphatic carbocycles. The lowest BCUT2D eigenvalue weighted by Crippen LogP contribution is -2.40. The Bertz CT molecular complexity index is 1610. The van der Waals surface area contributed by atoms with Crippen molar-refractivity contribution in [3.05, 3.63) is 63.8 Å². The van der Waals surface area contributed by atoms with Crippen LogP contribution in [0.2, 0.25) is 0 Å². The minimum Gasteiger partial charge on any atom is -0.486 e. The van der Waals surface area contributed by atoms with E-state index in [0.717, 1.165) is 12.8 Å². The topological polar surface area (TPSA) is 137 Å². The first-order chi connectivity index (χ1) is 18.3. The van der Waals surface area contributed by atoms with E-state index in [-0.39, 0.29) is 42.4 Å². The Morgan fingerprint density at radius 2 is 2.08 bits per heavy atom. The summed E-state index contributed by atoms with van der Waals surface area (Å²) in [4.78, 5) is 34.1. The number of halogens is 2. The highest BCUT2D eigenvalue weighted by molar-refractivity contribution is 5.84. The Morgan fingerprint density at radius 1 is 1.29 bits per heavy atom. The van der Waals surface area contributed by atoms with Gasteiger partial charge in [0.1, 0.15) is 24.3 Å². The van der Waals surface area contributed by atoms with Crippen molar-refractivity contribution in [1.29, 1.82) is 5.26 Å². The molecule has 0 amide bonds. The molecule has 1 aliphatic rings. The largest absolute Gasteiger partial charge is 0.486 e. The molecule has 2 aromatic carbocycles. The third-order valence-electron chi connectivity index (χ3n) is 6.62. The van der Waals surface area contributed by atoms with Crippen molar-refractivity contribution in [2.45, 2.75) is 38.3 Å². The van der Waals surface area contributed by atoms with Crippen LogP contribution < -0.4 is 10.3 Å². The van der Waals surface area contributed by atoms with Crippen LogP contribution in [0.3, 0.4) is 0 Å². The number of nitrogens with zero attached hydrogens (tertiary/aromatic N) is 5. The standard InChI is InChI=1S/C26H24F2N6O4/c27-23(28)14-38-22-9-21-20(8-15(22)11-29)30-24(31-21)10-19-17-5-1-2-6-18(17)26(37)34(32-19)12-16-4-3-7-33(16)13-25(35)36/h1-2,5-6,8-9,16,23H,3-4,7,10,12-14H2,(H,30,31)(H,35,36). The summed E-state index contributed by atoms with van der Waals surface area (Å²) in [6, 6.07) is 11.9. The van der Waals surface area contributed by atoms with Gasteiger partial charge in [0.05, 0.1) is 47.2 Å². The zero-order valence-electron chi connectivity index (χ0n) is 20.2. The van der Waals surface area contributed by atoms with E-state index in [1.165, 1.54) is 16.8 Å². The number of hydrogen-bond acceptors (Lipinski definition) is 7. The second-order valence-corrected chi connectivity index (χ2v) is 9.18. The van der Waals surface area contributed by atoms with Gasteiger partial charge in [-0.3, -0.25) is 14.5 Å². The van der Waals surface area contributed by atoms with Crippen LogP contribution in [0.4, 0.5) is 8.78 Å². The molecular weight excluding hydrogens is 498 g/mol. The van der Waals surface area contributed by atoms with E-state index >= 15 is 0 Å². The second kappa shape index (κ2) is 10.5. The Labute approximate surface area is 215 Å². The molecule has 196 valence electrons. The average Bonchev–Trinajstić information content (AvgIpc) is 3.49. The fourth-order valence-electron chi connectivity index (χ4n) is 4.94. The molecular formula is C26H24F2N6O4. The number of hydrogen-bond donors (Lipinski definition) is 2. The van der Waals surface area contributed by atoms with Crippen molar-refractivity contribution in [2.75, 3.05) is 19.7 Å². The molecule has 1 fully saturated rings. The number of alkyl halides is 2. The number of aliphatic carboxylic acids is 1. The summed E-state index contributed by atoms with van der Waals surface area (Å²) < 4.78 is 31.7. The minimum atomic E-state index is -2.68. The highest BCUT2D eigenvalue weighted by atomic mass is 19.3. The molecule has 0 saturated carbocycles. The molecule has 4 aromatic rings. The smallest absolute Gasteiger partial charge is 0.317 e. The highest BCUT2D eigenvalue weighted by Crippen LogP contribution is 2.26. The summed E-state index contributed by atoms with van der Waals surface area (Å²) in [6.07, 6.45) is -0.833. The summed E-state index contributed by atoms with van der Waals surface area (Å²) in [7, 11) is 0. The van der Waals surface area contributed by atoms with Crippen molar-refractivity contribution in [2.24, 2.45) is 0 Å². The lowest BCUT2D eigenvalue weighted by atomic mass is 10.1. The molecule has 10 nitrogen and oxygen atoms in total. The third kappa shape index (κ3) is 5.19. The number of rotatable bonds is 9. The Kier molecular flexibility index (Phi) is 7.02. The van der Waals surface area contributed by atoms with Gasteiger partial charge in [-0.1, -0.05) is 18.2 Å². The van der Waals surface area contributed by atoms with Crippen LogP contribution in [0.5, 0.6) is 5.75 Å². The van der Waals surface area contributed by atoms with Gasteiger partial charge in [0.25, 0.3) is 12.0 Å². The van der Waals surface area contributed by atoms with Crippen molar-refractivity contribution in [1.82, 2.24) is 24.6 Å². The SMILES string of the molecule is N#Cc1cc2[nH]c(Cc3nn(CC4CCCN4CC(=O)O)c(=O)c4ccccc34)nc2cc1OCC(F)F. The molecule has 5 rings (SSSR count). The number of fused-ring (bicyclic) bond motifs is 2. The summed E-state index contributed by atoms with van der Waals surface area (Å²) in [5.41, 5.74) is 1.42. The minimum absolute atomic E-state index is 0.0259. The van der Waals surface area contributed by atoms with Crippen LogP contribution in [-0.4, -0.2) is 67.9 Å². The van der Waals surface area contributed by atoms with Crippen molar-refractivity contribution >= 4 is 27.8 Å². The number of nitriles is 1. The fraction of sp³-hybridized carbons (Fsp3) is 0.346. The Morgan fingerprint density at radius 3 is 2.82 bits per heavy atom.